The summed E-state index contributed by atoms with van der Waals surface area (Å²) in [5, 5.41) is 3.46. The number of rotatable bonds is 4. The lowest BCUT2D eigenvalue weighted by molar-refractivity contribution is 0.349. The largest absolute Gasteiger partial charge is 0.381 e. The Morgan fingerprint density at radius 3 is 2.58 bits per heavy atom. The van der Waals surface area contributed by atoms with Crippen molar-refractivity contribution in [1.29, 1.82) is 0 Å². The first-order valence-electron chi connectivity index (χ1n) is 6.95. The van der Waals surface area contributed by atoms with Crippen molar-refractivity contribution >= 4 is 15.5 Å². The fourth-order valence-electron chi connectivity index (χ4n) is 2.79. The predicted molar refractivity (Wildman–Crippen MR) is 79.2 cm³/mol. The molecule has 1 aliphatic carbocycles. The molecule has 0 spiro atoms. The lowest BCUT2D eigenvalue weighted by Crippen LogP contribution is -2.31. The van der Waals surface area contributed by atoms with Gasteiger partial charge in [-0.15, -0.1) is 0 Å². The van der Waals surface area contributed by atoms with Gasteiger partial charge in [-0.3, -0.25) is 0 Å². The van der Waals surface area contributed by atoms with Gasteiger partial charge in [-0.05, 0) is 30.4 Å². The standard InChI is InChI=1S/C15H23NO2S/c1-4-19(17,18)13-9-6-5-8-12(13)16-14-10-7-11-15(14,2)3/h5-6,8-9,14,16H,4,7,10-11H2,1-3H3. The number of para-hydroxylation sites is 1. The summed E-state index contributed by atoms with van der Waals surface area (Å²) in [6.07, 6.45) is 3.49. The van der Waals surface area contributed by atoms with Crippen molar-refractivity contribution in [2.24, 2.45) is 5.41 Å². The Balaban J connectivity index is 2.32. The van der Waals surface area contributed by atoms with Crippen LogP contribution >= 0.6 is 0 Å². The van der Waals surface area contributed by atoms with Crippen molar-refractivity contribution in [3.63, 3.8) is 0 Å². The maximum atomic E-state index is 12.1. The molecule has 0 saturated heterocycles. The third-order valence-electron chi connectivity index (χ3n) is 4.19. The second-order valence-electron chi connectivity index (χ2n) is 5.98. The Bertz CT molecular complexity index is 549. The molecule has 0 amide bonds. The zero-order chi connectivity index (χ0) is 14.1. The Morgan fingerprint density at radius 1 is 1.32 bits per heavy atom. The molecule has 3 nitrogen and oxygen atoms in total. The monoisotopic (exact) mass is 281 g/mol. The van der Waals surface area contributed by atoms with Crippen LogP contribution in [0.25, 0.3) is 0 Å². The molecule has 4 heteroatoms. The molecule has 0 bridgehead atoms. The lowest BCUT2D eigenvalue weighted by atomic mass is 9.87. The van der Waals surface area contributed by atoms with E-state index in [0.717, 1.165) is 12.1 Å². The summed E-state index contributed by atoms with van der Waals surface area (Å²) in [5.74, 6) is 0.139. The van der Waals surface area contributed by atoms with Gasteiger partial charge in [0.1, 0.15) is 0 Å². The van der Waals surface area contributed by atoms with E-state index in [0.29, 0.717) is 10.9 Å². The number of nitrogens with one attached hydrogen (secondary N) is 1. The van der Waals surface area contributed by atoms with Crippen LogP contribution in [-0.2, 0) is 9.84 Å². The topological polar surface area (TPSA) is 46.2 Å². The molecule has 0 aliphatic heterocycles. The van der Waals surface area contributed by atoms with Crippen LogP contribution in [0.15, 0.2) is 29.2 Å². The number of benzene rings is 1. The highest BCUT2D eigenvalue weighted by molar-refractivity contribution is 7.91. The van der Waals surface area contributed by atoms with Gasteiger partial charge in [-0.1, -0.05) is 39.3 Å². The molecule has 106 valence electrons. The summed E-state index contributed by atoms with van der Waals surface area (Å²) in [5.41, 5.74) is 0.979. The summed E-state index contributed by atoms with van der Waals surface area (Å²) >= 11 is 0. The van der Waals surface area contributed by atoms with E-state index in [2.05, 4.69) is 19.2 Å². The fraction of sp³-hybridized carbons (Fsp3) is 0.600. The van der Waals surface area contributed by atoms with Gasteiger partial charge in [0.25, 0.3) is 0 Å². The quantitative estimate of drug-likeness (QED) is 0.919. The van der Waals surface area contributed by atoms with Crippen LogP contribution in [0.1, 0.15) is 40.0 Å². The van der Waals surface area contributed by atoms with Crippen LogP contribution in [0.2, 0.25) is 0 Å². The first-order chi connectivity index (χ1) is 8.87. The number of anilines is 1. The van der Waals surface area contributed by atoms with Gasteiger partial charge in [-0.25, -0.2) is 8.42 Å². The van der Waals surface area contributed by atoms with Crippen LogP contribution in [0.4, 0.5) is 5.69 Å². The zero-order valence-corrected chi connectivity index (χ0v) is 12.8. The van der Waals surface area contributed by atoms with Crippen molar-refractivity contribution in [3.05, 3.63) is 24.3 Å². The Hall–Kier alpha value is -1.03. The van der Waals surface area contributed by atoms with Gasteiger partial charge >= 0.3 is 0 Å². The Labute approximate surface area is 116 Å². The van der Waals surface area contributed by atoms with E-state index in [-0.39, 0.29) is 11.2 Å². The maximum Gasteiger partial charge on any atom is 0.180 e. The fourth-order valence-corrected chi connectivity index (χ4v) is 3.85. The van der Waals surface area contributed by atoms with Gasteiger partial charge < -0.3 is 5.32 Å². The summed E-state index contributed by atoms with van der Waals surface area (Å²) < 4.78 is 24.2. The van der Waals surface area contributed by atoms with Gasteiger partial charge in [0, 0.05) is 6.04 Å². The summed E-state index contributed by atoms with van der Waals surface area (Å²) in [6.45, 7) is 6.18. The molecule has 1 saturated carbocycles. The molecule has 2 rings (SSSR count). The first kappa shape index (κ1) is 14.4. The van der Waals surface area contributed by atoms with Crippen LogP contribution in [0.3, 0.4) is 0 Å². The normalized spacial score (nSPS) is 22.4. The Kier molecular flexibility index (Phi) is 3.90. The first-order valence-corrected chi connectivity index (χ1v) is 8.60. The molecule has 1 aliphatic rings. The second-order valence-corrected chi connectivity index (χ2v) is 8.22. The molecule has 0 aromatic heterocycles. The van der Waals surface area contributed by atoms with E-state index in [1.165, 1.54) is 12.8 Å². The SMILES string of the molecule is CCS(=O)(=O)c1ccccc1NC1CCCC1(C)C. The molecule has 0 heterocycles. The molecule has 19 heavy (non-hydrogen) atoms. The van der Waals surface area contributed by atoms with Gasteiger partial charge in [0.05, 0.1) is 16.3 Å². The van der Waals surface area contributed by atoms with Crippen molar-refractivity contribution in [3.8, 4) is 0 Å². The number of sulfone groups is 1. The van der Waals surface area contributed by atoms with Crippen LogP contribution in [-0.4, -0.2) is 20.2 Å². The summed E-state index contributed by atoms with van der Waals surface area (Å²) in [7, 11) is -3.17. The highest BCUT2D eigenvalue weighted by Gasteiger charge is 2.35. The highest BCUT2D eigenvalue weighted by atomic mass is 32.2. The van der Waals surface area contributed by atoms with E-state index in [1.807, 2.05) is 12.1 Å². The smallest absolute Gasteiger partial charge is 0.180 e. The predicted octanol–water partition coefficient (Wildman–Crippen LogP) is 3.47. The molecule has 1 aromatic rings. The molecule has 1 fully saturated rings. The van der Waals surface area contributed by atoms with Crippen LogP contribution in [0, 0.1) is 5.41 Å². The number of hydrogen-bond acceptors (Lipinski definition) is 3. The van der Waals surface area contributed by atoms with E-state index in [4.69, 9.17) is 0 Å². The van der Waals surface area contributed by atoms with Crippen LogP contribution in [0.5, 0.6) is 0 Å². The lowest BCUT2D eigenvalue weighted by Gasteiger charge is -2.29. The third-order valence-corrected chi connectivity index (χ3v) is 5.98. The molecule has 1 aromatic carbocycles. The van der Waals surface area contributed by atoms with E-state index in [9.17, 15) is 8.42 Å². The second kappa shape index (κ2) is 5.16. The average Bonchev–Trinajstić information content (AvgIpc) is 2.69. The molecular formula is C15H23NO2S. The average molecular weight is 281 g/mol. The van der Waals surface area contributed by atoms with Crippen molar-refractivity contribution in [1.82, 2.24) is 0 Å². The Morgan fingerprint density at radius 2 is 2.00 bits per heavy atom. The van der Waals surface area contributed by atoms with Crippen molar-refractivity contribution in [2.75, 3.05) is 11.1 Å². The summed E-state index contributed by atoms with van der Waals surface area (Å²) in [4.78, 5) is 0.431. The molecular weight excluding hydrogens is 258 g/mol. The molecule has 1 unspecified atom stereocenters. The minimum Gasteiger partial charge on any atom is -0.381 e. The molecule has 1 N–H and O–H groups in total. The van der Waals surface area contributed by atoms with Crippen molar-refractivity contribution in [2.45, 2.75) is 51.0 Å². The zero-order valence-electron chi connectivity index (χ0n) is 11.9. The van der Waals surface area contributed by atoms with Gasteiger partial charge in [0.15, 0.2) is 9.84 Å². The van der Waals surface area contributed by atoms with E-state index >= 15 is 0 Å². The molecule has 0 radical (unpaired) electrons. The van der Waals surface area contributed by atoms with Gasteiger partial charge in [0.2, 0.25) is 0 Å². The van der Waals surface area contributed by atoms with Crippen molar-refractivity contribution < 1.29 is 8.42 Å². The highest BCUT2D eigenvalue weighted by Crippen LogP contribution is 2.39. The minimum atomic E-state index is -3.17. The summed E-state index contributed by atoms with van der Waals surface area (Å²) in [6, 6.07) is 7.59. The van der Waals surface area contributed by atoms with E-state index in [1.54, 1.807) is 19.1 Å². The van der Waals surface area contributed by atoms with Gasteiger partial charge in [-0.2, -0.15) is 0 Å². The third kappa shape index (κ3) is 2.94. The molecule has 1 atom stereocenters. The maximum absolute atomic E-state index is 12.1. The van der Waals surface area contributed by atoms with Crippen LogP contribution < -0.4 is 5.32 Å². The minimum absolute atomic E-state index is 0.139. The van der Waals surface area contributed by atoms with E-state index < -0.39 is 9.84 Å². The number of hydrogen-bond donors (Lipinski definition) is 1.